The Morgan fingerprint density at radius 1 is 1.20 bits per heavy atom. The van der Waals surface area contributed by atoms with Gasteiger partial charge in [-0.15, -0.1) is 0 Å². The van der Waals surface area contributed by atoms with Crippen LogP contribution in [0.3, 0.4) is 0 Å². The average molecular weight is 385 g/mol. The first-order chi connectivity index (χ1) is 12.0. The number of nitrogens with zero attached hydrogens (tertiary/aromatic N) is 1. The molecule has 0 N–H and O–H groups in total. The van der Waals surface area contributed by atoms with E-state index in [0.29, 0.717) is 19.3 Å². The van der Waals surface area contributed by atoms with Gasteiger partial charge >= 0.3 is 0 Å². The fraction of sp³-hybridized carbons (Fsp3) is 0.556. The molecule has 25 heavy (non-hydrogen) atoms. The van der Waals surface area contributed by atoms with Crippen molar-refractivity contribution in [3.8, 4) is 0 Å². The van der Waals surface area contributed by atoms with Gasteiger partial charge in [-0.1, -0.05) is 37.3 Å². The van der Waals surface area contributed by atoms with Gasteiger partial charge < -0.3 is 18.7 Å². The Kier molecular flexibility index (Phi) is 10.4. The topological polar surface area (TPSA) is 55.8 Å². The van der Waals surface area contributed by atoms with Crippen LogP contribution in [-0.4, -0.2) is 36.3 Å². The molecule has 0 saturated carbocycles. The lowest BCUT2D eigenvalue weighted by Gasteiger charge is -2.33. The number of rotatable bonds is 11. The number of carbonyl (C=O) groups excluding carboxylic acids is 2. The second-order valence-corrected chi connectivity index (χ2v) is 6.84. The summed E-state index contributed by atoms with van der Waals surface area (Å²) in [6.45, 7) is 3.87. The van der Waals surface area contributed by atoms with E-state index in [4.69, 9.17) is 9.05 Å². The molecule has 0 spiro atoms. The van der Waals surface area contributed by atoms with Crippen LogP contribution in [0.4, 0.5) is 0 Å². The number of aldehydes is 1. The van der Waals surface area contributed by atoms with Crippen molar-refractivity contribution in [2.45, 2.75) is 51.4 Å². The molecule has 1 aromatic carbocycles. The summed E-state index contributed by atoms with van der Waals surface area (Å²) in [5.41, 5.74) is 1.02. The number of likely N-dealkylation sites (N-methyl/N-ethyl adjacent to an activating group) is 1. The highest BCUT2D eigenvalue weighted by Crippen LogP contribution is 2.28. The van der Waals surface area contributed by atoms with Crippen molar-refractivity contribution in [1.82, 2.24) is 4.90 Å². The lowest BCUT2D eigenvalue weighted by Crippen LogP contribution is -2.42. The summed E-state index contributed by atoms with van der Waals surface area (Å²) in [6, 6.07) is 9.72. The van der Waals surface area contributed by atoms with E-state index in [9.17, 15) is 9.59 Å². The summed E-state index contributed by atoms with van der Waals surface area (Å²) < 4.78 is 10.9. The van der Waals surface area contributed by atoms with Gasteiger partial charge in [0.1, 0.15) is 12.4 Å². The van der Waals surface area contributed by atoms with Crippen molar-refractivity contribution in [3.05, 3.63) is 35.9 Å². The summed E-state index contributed by atoms with van der Waals surface area (Å²) in [5.74, 6) is -0.167. The molecular formula is C18H29NO4P2. The maximum atomic E-state index is 12.8. The highest BCUT2D eigenvalue weighted by molar-refractivity contribution is 7.10. The molecule has 140 valence electrons. The molecular weight excluding hydrogens is 356 g/mol. The van der Waals surface area contributed by atoms with E-state index < -0.39 is 0 Å². The van der Waals surface area contributed by atoms with Gasteiger partial charge in [-0.3, -0.25) is 4.79 Å². The molecule has 1 rings (SSSR count). The van der Waals surface area contributed by atoms with E-state index in [1.807, 2.05) is 44.2 Å². The van der Waals surface area contributed by atoms with E-state index in [1.165, 1.54) is 0 Å². The monoisotopic (exact) mass is 385 g/mol. The molecule has 0 bridgehead atoms. The Morgan fingerprint density at radius 2 is 1.84 bits per heavy atom. The van der Waals surface area contributed by atoms with Gasteiger partial charge in [0.2, 0.25) is 5.91 Å². The van der Waals surface area contributed by atoms with Crippen molar-refractivity contribution in [3.63, 3.8) is 0 Å². The third-order valence-electron chi connectivity index (χ3n) is 4.51. The number of benzene rings is 1. The lowest BCUT2D eigenvalue weighted by molar-refractivity contribution is -0.138. The molecule has 0 aromatic heterocycles. The predicted molar refractivity (Wildman–Crippen MR) is 106 cm³/mol. The summed E-state index contributed by atoms with van der Waals surface area (Å²) >= 11 is 0. The van der Waals surface area contributed by atoms with E-state index in [1.54, 1.807) is 11.9 Å². The average Bonchev–Trinajstić information content (AvgIpc) is 2.64. The summed E-state index contributed by atoms with van der Waals surface area (Å²) in [6.07, 6.45) is 2.15. The van der Waals surface area contributed by atoms with Crippen molar-refractivity contribution in [2.24, 2.45) is 5.92 Å². The standard InChI is InChI=1S/C18H29NO4P2/c1-13(12-16(22-24)10-7-11-20)18(21)19(3)14(2)17(23-25)15-8-5-4-6-9-15/h4-6,8-9,11,13-14,16-17H,7,10,12,24-25H2,1-3H3/t13-,14?,16-,17+/m1/s1. The third-order valence-corrected chi connectivity index (χ3v) is 5.19. The van der Waals surface area contributed by atoms with Crippen molar-refractivity contribution in [2.75, 3.05) is 7.05 Å². The quantitative estimate of drug-likeness (QED) is 0.432. The number of amides is 1. The van der Waals surface area contributed by atoms with Crippen LogP contribution in [0.2, 0.25) is 0 Å². The smallest absolute Gasteiger partial charge is 0.225 e. The van der Waals surface area contributed by atoms with Crippen LogP contribution in [0.15, 0.2) is 30.3 Å². The van der Waals surface area contributed by atoms with Crippen LogP contribution in [0, 0.1) is 5.92 Å². The zero-order valence-electron chi connectivity index (χ0n) is 15.1. The van der Waals surface area contributed by atoms with Crippen molar-refractivity contribution in [1.29, 1.82) is 0 Å². The van der Waals surface area contributed by atoms with Gasteiger partial charge in [-0.05, 0) is 25.3 Å². The Bertz CT molecular complexity index is 529. The maximum Gasteiger partial charge on any atom is 0.225 e. The molecule has 0 aliphatic rings. The summed E-state index contributed by atoms with van der Waals surface area (Å²) in [4.78, 5) is 25.1. The number of hydrogen-bond donors (Lipinski definition) is 0. The Morgan fingerprint density at radius 3 is 2.36 bits per heavy atom. The molecule has 0 heterocycles. The first-order valence-electron chi connectivity index (χ1n) is 8.42. The zero-order chi connectivity index (χ0) is 18.8. The minimum absolute atomic E-state index is 0.0358. The van der Waals surface area contributed by atoms with Gasteiger partial charge in [0.05, 0.1) is 12.1 Å². The van der Waals surface area contributed by atoms with Crippen LogP contribution < -0.4 is 0 Å². The van der Waals surface area contributed by atoms with Gasteiger partial charge in [-0.25, -0.2) is 0 Å². The molecule has 7 heteroatoms. The highest BCUT2D eigenvalue weighted by atomic mass is 31.0. The Labute approximate surface area is 155 Å². The second kappa shape index (κ2) is 11.7. The zero-order valence-corrected chi connectivity index (χ0v) is 17.4. The number of hydrogen-bond acceptors (Lipinski definition) is 4. The van der Waals surface area contributed by atoms with Gasteiger partial charge in [0, 0.05) is 38.3 Å². The molecule has 0 aliphatic heterocycles. The molecule has 6 atom stereocenters. The molecule has 5 nitrogen and oxygen atoms in total. The van der Waals surface area contributed by atoms with Gasteiger partial charge in [-0.2, -0.15) is 0 Å². The number of carbonyl (C=O) groups is 2. The van der Waals surface area contributed by atoms with Crippen molar-refractivity contribution >= 4 is 31.1 Å². The van der Waals surface area contributed by atoms with E-state index in [0.717, 1.165) is 11.8 Å². The maximum absolute atomic E-state index is 12.8. The first-order valence-corrected chi connectivity index (χ1v) is 9.36. The lowest BCUT2D eigenvalue weighted by atomic mass is 9.97. The van der Waals surface area contributed by atoms with Crippen LogP contribution in [-0.2, 0) is 18.6 Å². The van der Waals surface area contributed by atoms with Crippen LogP contribution in [0.5, 0.6) is 0 Å². The molecule has 0 radical (unpaired) electrons. The SMILES string of the molecule is CC([C@H](OP)c1ccccc1)N(C)C(=O)[C@H](C)C[C@@H](CCC=O)OP. The fourth-order valence-electron chi connectivity index (χ4n) is 2.86. The van der Waals surface area contributed by atoms with E-state index in [-0.39, 0.29) is 30.1 Å². The van der Waals surface area contributed by atoms with Crippen LogP contribution in [0.1, 0.15) is 44.8 Å². The first kappa shape index (κ1) is 22.2. The van der Waals surface area contributed by atoms with E-state index in [2.05, 4.69) is 18.9 Å². The summed E-state index contributed by atoms with van der Waals surface area (Å²) in [7, 11) is 6.32. The van der Waals surface area contributed by atoms with Crippen LogP contribution >= 0.6 is 18.9 Å². The second-order valence-electron chi connectivity index (χ2n) is 6.30. The molecule has 0 aliphatic carbocycles. The summed E-state index contributed by atoms with van der Waals surface area (Å²) in [5, 5.41) is 0. The third kappa shape index (κ3) is 6.75. The normalized spacial score (nSPS) is 15.9. The largest absolute Gasteiger partial charge is 0.362 e. The molecule has 3 unspecified atom stereocenters. The van der Waals surface area contributed by atoms with Crippen LogP contribution in [0.25, 0.3) is 0 Å². The Balaban J connectivity index is 2.73. The fourth-order valence-corrected chi connectivity index (χ4v) is 3.49. The minimum Gasteiger partial charge on any atom is -0.362 e. The molecule has 0 saturated heterocycles. The molecule has 0 fully saturated rings. The van der Waals surface area contributed by atoms with Gasteiger partial charge in [0.25, 0.3) is 0 Å². The van der Waals surface area contributed by atoms with Gasteiger partial charge in [0.15, 0.2) is 0 Å². The minimum atomic E-state index is -0.226. The predicted octanol–water partition coefficient (Wildman–Crippen LogP) is 3.56. The van der Waals surface area contributed by atoms with Crippen molar-refractivity contribution < 1.29 is 18.6 Å². The highest BCUT2D eigenvalue weighted by Gasteiger charge is 2.29. The van der Waals surface area contributed by atoms with E-state index >= 15 is 0 Å². The molecule has 1 amide bonds. The molecule has 1 aromatic rings. The Hall–Kier alpha value is -0.860.